The van der Waals surface area contributed by atoms with Gasteiger partial charge in [-0.25, -0.2) is 0 Å². The van der Waals surface area contributed by atoms with Crippen LogP contribution in [0.3, 0.4) is 0 Å². The van der Waals surface area contributed by atoms with Gasteiger partial charge in [0.25, 0.3) is 0 Å². The number of allylic oxidation sites excluding steroid dienone is 2. The highest BCUT2D eigenvalue weighted by molar-refractivity contribution is 5.20. The van der Waals surface area contributed by atoms with Gasteiger partial charge in [0.2, 0.25) is 0 Å². The van der Waals surface area contributed by atoms with Crippen LogP contribution in [-0.2, 0) is 0 Å². The van der Waals surface area contributed by atoms with Crippen molar-refractivity contribution in [3.05, 3.63) is 23.8 Å². The van der Waals surface area contributed by atoms with Gasteiger partial charge in [-0.05, 0) is 83.2 Å². The van der Waals surface area contributed by atoms with Crippen LogP contribution < -0.4 is 5.32 Å². The second-order valence-corrected chi connectivity index (χ2v) is 9.61. The van der Waals surface area contributed by atoms with E-state index < -0.39 is 5.60 Å². The van der Waals surface area contributed by atoms with E-state index in [1.54, 1.807) is 5.57 Å². The smallest absolute Gasteiger partial charge is 0.0654 e. The fraction of sp³-hybridized carbons (Fsp3) is 0.840. The van der Waals surface area contributed by atoms with Crippen molar-refractivity contribution in [3.63, 3.8) is 0 Å². The Labute approximate surface area is 178 Å². The van der Waals surface area contributed by atoms with Gasteiger partial charge in [0.05, 0.1) is 11.7 Å². The Hall–Kier alpha value is -0.680. The number of aliphatic hydroxyl groups excluding tert-OH is 2. The van der Waals surface area contributed by atoms with Gasteiger partial charge >= 0.3 is 0 Å². The standard InChI is InChI=1S/C25H45NO3/c1-3-4-12-25(2,29)13-8-11-22-23-18-20(17-21(23)19-24(22)28)10-6-5-7-14-26-15-9-16-27/h8,11,17,21-24,26-29H,3-7,9-10,12-16,18-19H2,1-2H3/b11-8+/t21-,22+,23-,24+,25+/m0/s1. The average molecular weight is 408 g/mol. The zero-order valence-electron chi connectivity index (χ0n) is 18.8. The molecule has 0 aromatic carbocycles. The highest BCUT2D eigenvalue weighted by Crippen LogP contribution is 2.48. The summed E-state index contributed by atoms with van der Waals surface area (Å²) in [6.07, 6.45) is 18.0. The Balaban J connectivity index is 1.68. The minimum atomic E-state index is -0.624. The van der Waals surface area contributed by atoms with E-state index in [1.165, 1.54) is 25.7 Å². The molecule has 1 fully saturated rings. The Morgan fingerprint density at radius 1 is 1.17 bits per heavy atom. The molecule has 2 rings (SSSR count). The van der Waals surface area contributed by atoms with Crippen molar-refractivity contribution in [2.45, 2.75) is 96.2 Å². The summed E-state index contributed by atoms with van der Waals surface area (Å²) >= 11 is 0. The molecule has 0 aliphatic heterocycles. The first kappa shape index (κ1) is 24.6. The highest BCUT2D eigenvalue weighted by Gasteiger charge is 2.43. The van der Waals surface area contributed by atoms with Gasteiger partial charge in [0.1, 0.15) is 0 Å². The lowest BCUT2D eigenvalue weighted by atomic mass is 9.87. The number of rotatable bonds is 15. The van der Waals surface area contributed by atoms with Gasteiger partial charge in [0.15, 0.2) is 0 Å². The summed E-state index contributed by atoms with van der Waals surface area (Å²) in [7, 11) is 0. The summed E-state index contributed by atoms with van der Waals surface area (Å²) < 4.78 is 0. The van der Waals surface area contributed by atoms with Gasteiger partial charge in [-0.3, -0.25) is 0 Å². The second-order valence-electron chi connectivity index (χ2n) is 9.61. The molecule has 168 valence electrons. The molecule has 4 heteroatoms. The first-order chi connectivity index (χ1) is 14.0. The Morgan fingerprint density at radius 2 is 1.97 bits per heavy atom. The van der Waals surface area contributed by atoms with E-state index in [2.05, 4.69) is 30.5 Å². The third-order valence-corrected chi connectivity index (χ3v) is 6.80. The molecule has 1 saturated carbocycles. The third-order valence-electron chi connectivity index (χ3n) is 6.80. The van der Waals surface area contributed by atoms with E-state index in [-0.39, 0.29) is 18.6 Å². The second kappa shape index (κ2) is 12.9. The predicted molar refractivity (Wildman–Crippen MR) is 121 cm³/mol. The SMILES string of the molecule is CCCC[C@@](C)(O)C/C=C/[C@@H]1[C@H]2CC(CCCCCNCCCO)=C[C@H]2C[C@H]1O. The molecule has 5 atom stereocenters. The molecule has 0 aromatic heterocycles. The Bertz CT molecular complexity index is 514. The van der Waals surface area contributed by atoms with Crippen molar-refractivity contribution < 1.29 is 15.3 Å². The van der Waals surface area contributed by atoms with Crippen LogP contribution in [0.1, 0.15) is 84.5 Å². The van der Waals surface area contributed by atoms with E-state index >= 15 is 0 Å². The highest BCUT2D eigenvalue weighted by atomic mass is 16.3. The summed E-state index contributed by atoms with van der Waals surface area (Å²) in [5.74, 6) is 1.33. The molecule has 0 heterocycles. The topological polar surface area (TPSA) is 72.7 Å². The van der Waals surface area contributed by atoms with Crippen molar-refractivity contribution in [3.8, 4) is 0 Å². The summed E-state index contributed by atoms with van der Waals surface area (Å²) in [5.41, 5.74) is 0.968. The largest absolute Gasteiger partial charge is 0.396 e. The number of nitrogens with one attached hydrogen (secondary N) is 1. The molecule has 4 nitrogen and oxygen atoms in total. The number of unbranched alkanes of at least 4 members (excludes halogenated alkanes) is 3. The minimum absolute atomic E-state index is 0.232. The first-order valence-electron chi connectivity index (χ1n) is 12.0. The van der Waals surface area contributed by atoms with E-state index in [4.69, 9.17) is 5.11 Å². The van der Waals surface area contributed by atoms with E-state index in [9.17, 15) is 10.2 Å². The van der Waals surface area contributed by atoms with Crippen LogP contribution in [0.15, 0.2) is 23.8 Å². The Kier molecular flexibility index (Phi) is 10.9. The van der Waals surface area contributed by atoms with E-state index in [0.717, 1.165) is 51.6 Å². The number of aliphatic hydroxyl groups is 3. The van der Waals surface area contributed by atoms with Crippen LogP contribution in [-0.4, -0.2) is 46.7 Å². The zero-order chi connectivity index (χ0) is 21.1. The van der Waals surface area contributed by atoms with Crippen molar-refractivity contribution in [1.82, 2.24) is 5.32 Å². The van der Waals surface area contributed by atoms with Crippen LogP contribution in [0.4, 0.5) is 0 Å². The molecular formula is C25H45NO3. The quantitative estimate of drug-likeness (QED) is 0.241. The fourth-order valence-corrected chi connectivity index (χ4v) is 5.04. The fourth-order valence-electron chi connectivity index (χ4n) is 5.04. The van der Waals surface area contributed by atoms with Gasteiger partial charge < -0.3 is 20.6 Å². The van der Waals surface area contributed by atoms with Crippen LogP contribution in [0.25, 0.3) is 0 Å². The molecule has 4 N–H and O–H groups in total. The molecule has 0 unspecified atom stereocenters. The summed E-state index contributed by atoms with van der Waals surface area (Å²) in [6.45, 7) is 6.31. The van der Waals surface area contributed by atoms with E-state index in [0.29, 0.717) is 18.3 Å². The van der Waals surface area contributed by atoms with Gasteiger partial charge in [-0.15, -0.1) is 0 Å². The third kappa shape index (κ3) is 8.53. The number of fused-ring (bicyclic) bond motifs is 1. The van der Waals surface area contributed by atoms with Gasteiger partial charge in [0, 0.05) is 12.5 Å². The zero-order valence-corrected chi connectivity index (χ0v) is 18.8. The van der Waals surface area contributed by atoms with Crippen LogP contribution in [0, 0.1) is 17.8 Å². The van der Waals surface area contributed by atoms with Crippen molar-refractivity contribution in [2.75, 3.05) is 19.7 Å². The lowest BCUT2D eigenvalue weighted by molar-refractivity contribution is 0.0513. The van der Waals surface area contributed by atoms with Crippen LogP contribution in [0.2, 0.25) is 0 Å². The molecule has 2 aliphatic rings. The molecule has 0 aromatic rings. The van der Waals surface area contributed by atoms with Crippen LogP contribution in [0.5, 0.6) is 0 Å². The molecular weight excluding hydrogens is 362 g/mol. The van der Waals surface area contributed by atoms with Gasteiger partial charge in [-0.2, -0.15) is 0 Å². The number of hydrogen-bond acceptors (Lipinski definition) is 4. The number of hydrogen-bond donors (Lipinski definition) is 4. The van der Waals surface area contributed by atoms with Crippen molar-refractivity contribution >= 4 is 0 Å². The minimum Gasteiger partial charge on any atom is -0.396 e. The lowest BCUT2D eigenvalue weighted by Crippen LogP contribution is -2.23. The molecule has 29 heavy (non-hydrogen) atoms. The van der Waals surface area contributed by atoms with Crippen molar-refractivity contribution in [1.29, 1.82) is 0 Å². The maximum atomic E-state index is 10.5. The molecule has 0 amide bonds. The normalized spacial score (nSPS) is 28.7. The monoisotopic (exact) mass is 407 g/mol. The van der Waals surface area contributed by atoms with Gasteiger partial charge in [-0.1, -0.05) is 50.0 Å². The molecule has 0 spiro atoms. The average Bonchev–Trinajstić information content (AvgIpc) is 3.19. The predicted octanol–water partition coefficient (Wildman–Crippen LogP) is 4.35. The lowest BCUT2D eigenvalue weighted by Gasteiger charge is -2.22. The molecule has 0 saturated heterocycles. The van der Waals surface area contributed by atoms with Crippen molar-refractivity contribution in [2.24, 2.45) is 17.8 Å². The molecule has 0 radical (unpaired) electrons. The summed E-state index contributed by atoms with van der Waals surface area (Å²) in [5, 5.41) is 33.1. The maximum absolute atomic E-state index is 10.5. The summed E-state index contributed by atoms with van der Waals surface area (Å²) in [6, 6.07) is 0. The summed E-state index contributed by atoms with van der Waals surface area (Å²) in [4.78, 5) is 0. The molecule has 2 aliphatic carbocycles. The molecule has 0 bridgehead atoms. The Morgan fingerprint density at radius 3 is 2.72 bits per heavy atom. The van der Waals surface area contributed by atoms with Crippen LogP contribution >= 0.6 is 0 Å². The first-order valence-corrected chi connectivity index (χ1v) is 12.0. The van der Waals surface area contributed by atoms with E-state index in [1.807, 2.05) is 6.92 Å². The maximum Gasteiger partial charge on any atom is 0.0654 e.